The Labute approximate surface area is 312 Å². The van der Waals surface area contributed by atoms with Crippen molar-refractivity contribution in [1.82, 2.24) is 19.6 Å². The number of aromatic nitrogens is 2. The Hall–Kier alpha value is -3.03. The number of rotatable bonds is 13. The number of nitriles is 1. The van der Waals surface area contributed by atoms with Gasteiger partial charge in [0.2, 0.25) is 5.91 Å². The smallest absolute Gasteiger partial charge is 0.243 e. The van der Waals surface area contributed by atoms with Crippen molar-refractivity contribution in [1.29, 1.82) is 5.26 Å². The third-order valence-corrected chi connectivity index (χ3v) is 11.2. The van der Waals surface area contributed by atoms with Crippen LogP contribution in [0.25, 0.3) is 0 Å². The fourth-order valence-electron chi connectivity index (χ4n) is 8.22. The molecular formula is C40H52Cl2F2N6O. The van der Waals surface area contributed by atoms with Crippen molar-refractivity contribution in [3.8, 4) is 6.07 Å². The molecule has 11 heteroatoms. The van der Waals surface area contributed by atoms with Crippen molar-refractivity contribution >= 4 is 34.9 Å². The Morgan fingerprint density at radius 3 is 2.41 bits per heavy atom. The van der Waals surface area contributed by atoms with Crippen molar-refractivity contribution in [2.24, 2.45) is 11.3 Å². The number of anilines is 1. The van der Waals surface area contributed by atoms with Crippen LogP contribution in [0, 0.1) is 34.3 Å². The number of nitrogens with one attached hydrogen (secondary N) is 1. The molecule has 2 aliphatic heterocycles. The van der Waals surface area contributed by atoms with E-state index < -0.39 is 41.0 Å². The van der Waals surface area contributed by atoms with Gasteiger partial charge in [0.05, 0.1) is 17.1 Å². The van der Waals surface area contributed by atoms with Crippen molar-refractivity contribution in [2.45, 2.75) is 110 Å². The average Bonchev–Trinajstić information content (AvgIpc) is 3.63. The molecule has 5 rings (SSSR count). The first kappa shape index (κ1) is 39.2. The van der Waals surface area contributed by atoms with E-state index >= 15 is 8.78 Å². The highest BCUT2D eigenvalue weighted by Crippen LogP contribution is 2.56. The summed E-state index contributed by atoms with van der Waals surface area (Å²) in [6, 6.07) is 11.4. The molecule has 2 aliphatic rings. The highest BCUT2D eigenvalue weighted by Gasteiger charge is 2.64. The van der Waals surface area contributed by atoms with Crippen LogP contribution in [0.2, 0.25) is 10.0 Å². The van der Waals surface area contributed by atoms with Crippen molar-refractivity contribution in [2.75, 3.05) is 31.5 Å². The summed E-state index contributed by atoms with van der Waals surface area (Å²) in [5.74, 6) is -2.10. The number of hydrogen-bond acceptors (Lipinski definition) is 5. The van der Waals surface area contributed by atoms with Crippen molar-refractivity contribution in [3.63, 3.8) is 0 Å². The Kier molecular flexibility index (Phi) is 12.9. The molecule has 276 valence electrons. The van der Waals surface area contributed by atoms with Gasteiger partial charge in [0, 0.05) is 41.4 Å². The molecule has 0 radical (unpaired) electrons. The topological polar surface area (TPSA) is 77.2 Å². The van der Waals surface area contributed by atoms with E-state index in [1.54, 1.807) is 24.3 Å². The van der Waals surface area contributed by atoms with Crippen LogP contribution in [0.4, 0.5) is 14.6 Å². The zero-order valence-corrected chi connectivity index (χ0v) is 32.1. The first-order valence-electron chi connectivity index (χ1n) is 18.5. The Bertz CT molecular complexity index is 1690. The van der Waals surface area contributed by atoms with Gasteiger partial charge in [-0.3, -0.25) is 14.4 Å². The maximum absolute atomic E-state index is 16.3. The third-order valence-electron chi connectivity index (χ3n) is 10.7. The second-order valence-electron chi connectivity index (χ2n) is 15.6. The molecule has 3 aromatic rings. The minimum absolute atomic E-state index is 0.0786. The van der Waals surface area contributed by atoms with E-state index in [1.165, 1.54) is 31.0 Å². The summed E-state index contributed by atoms with van der Waals surface area (Å²) >= 11 is 12.6. The Morgan fingerprint density at radius 2 is 1.76 bits per heavy atom. The van der Waals surface area contributed by atoms with E-state index in [4.69, 9.17) is 28.3 Å². The van der Waals surface area contributed by atoms with Gasteiger partial charge in [-0.25, -0.2) is 8.78 Å². The zero-order valence-electron chi connectivity index (χ0n) is 30.6. The molecule has 0 aliphatic carbocycles. The van der Waals surface area contributed by atoms with E-state index in [0.29, 0.717) is 31.1 Å². The fourth-order valence-corrected chi connectivity index (χ4v) is 8.56. The van der Waals surface area contributed by atoms with Crippen LogP contribution in [0.15, 0.2) is 48.7 Å². The lowest BCUT2D eigenvalue weighted by Crippen LogP contribution is -2.48. The summed E-state index contributed by atoms with van der Waals surface area (Å²) in [6.07, 6.45) is 8.45. The minimum atomic E-state index is -1.69. The molecule has 0 bridgehead atoms. The van der Waals surface area contributed by atoms with Gasteiger partial charge in [0.1, 0.15) is 17.0 Å². The van der Waals surface area contributed by atoms with Gasteiger partial charge < -0.3 is 10.2 Å². The largest absolute Gasteiger partial charge is 0.308 e. The number of carbonyl (C=O) groups is 1. The van der Waals surface area contributed by atoms with E-state index in [2.05, 4.69) is 50.9 Å². The lowest BCUT2D eigenvalue weighted by atomic mass is 9.62. The average molecular weight is 742 g/mol. The van der Waals surface area contributed by atoms with Gasteiger partial charge in [-0.15, -0.1) is 0 Å². The molecule has 1 aromatic heterocycles. The standard InChI is InChI=1S/C40H52Cl2F2N6O/c1-6-8-18-48-20-15-27(16-21-48)25-49-22-17-34(47-49)46-38(51)37-35(29-11-10-12-31(42)36(29)44)40(26-45,30-14-13-28(41)23-32(30)43)33(24-39(3,4)5)50(37)19-9-7-2/h10-14,17,22-23,27,33,35,37H,6-9,15-16,18-21,24-25H2,1-5H3,(H,46,47,51)/t33-,35-,37+,40-/m0/s1. The van der Waals surface area contributed by atoms with Crippen LogP contribution in [-0.2, 0) is 16.8 Å². The predicted octanol–water partition coefficient (Wildman–Crippen LogP) is 9.45. The summed E-state index contributed by atoms with van der Waals surface area (Å²) in [4.78, 5) is 19.3. The van der Waals surface area contributed by atoms with E-state index in [-0.39, 0.29) is 26.6 Å². The summed E-state index contributed by atoms with van der Waals surface area (Å²) in [5, 5.41) is 19.2. The highest BCUT2D eigenvalue weighted by molar-refractivity contribution is 6.31. The molecule has 51 heavy (non-hydrogen) atoms. The molecule has 4 atom stereocenters. The maximum atomic E-state index is 16.3. The summed E-state index contributed by atoms with van der Waals surface area (Å²) in [6.45, 7) is 14.9. The molecule has 0 saturated carbocycles. The van der Waals surface area contributed by atoms with Crippen LogP contribution in [0.3, 0.4) is 0 Å². The predicted molar refractivity (Wildman–Crippen MR) is 201 cm³/mol. The Morgan fingerprint density at radius 1 is 1.06 bits per heavy atom. The number of benzene rings is 2. The molecule has 1 amide bonds. The van der Waals surface area contributed by atoms with Crippen molar-refractivity contribution in [3.05, 3.63) is 81.5 Å². The lowest BCUT2D eigenvalue weighted by Gasteiger charge is -2.39. The lowest BCUT2D eigenvalue weighted by molar-refractivity contribution is -0.121. The first-order valence-corrected chi connectivity index (χ1v) is 19.2. The number of piperidine rings is 1. The minimum Gasteiger partial charge on any atom is -0.308 e. The molecule has 1 N–H and O–H groups in total. The molecule has 0 spiro atoms. The summed E-state index contributed by atoms with van der Waals surface area (Å²) in [7, 11) is 0. The number of hydrogen-bond donors (Lipinski definition) is 1. The molecular weight excluding hydrogens is 689 g/mol. The van der Waals surface area contributed by atoms with Crippen LogP contribution < -0.4 is 5.32 Å². The molecule has 7 nitrogen and oxygen atoms in total. The number of likely N-dealkylation sites (tertiary alicyclic amines) is 2. The molecule has 2 aromatic carbocycles. The van der Waals surface area contributed by atoms with Gasteiger partial charge in [0.25, 0.3) is 0 Å². The van der Waals surface area contributed by atoms with Gasteiger partial charge in [-0.05, 0) is 93.4 Å². The second-order valence-corrected chi connectivity index (χ2v) is 16.4. The number of carbonyl (C=O) groups excluding carboxylic acids is 1. The summed E-state index contributed by atoms with van der Waals surface area (Å²) in [5.41, 5.74) is -1.86. The van der Waals surface area contributed by atoms with E-state index in [0.717, 1.165) is 45.4 Å². The third kappa shape index (κ3) is 8.62. The maximum Gasteiger partial charge on any atom is 0.243 e. The van der Waals surface area contributed by atoms with Gasteiger partial charge in [-0.1, -0.05) is 88.9 Å². The molecule has 2 saturated heterocycles. The van der Waals surface area contributed by atoms with Crippen LogP contribution in [0.5, 0.6) is 0 Å². The van der Waals surface area contributed by atoms with Gasteiger partial charge in [0.15, 0.2) is 5.82 Å². The fraction of sp³-hybridized carbons (Fsp3) is 0.575. The molecule has 3 heterocycles. The highest BCUT2D eigenvalue weighted by atomic mass is 35.5. The monoisotopic (exact) mass is 740 g/mol. The Balaban J connectivity index is 1.56. The number of halogens is 4. The van der Waals surface area contributed by atoms with Gasteiger partial charge >= 0.3 is 0 Å². The van der Waals surface area contributed by atoms with Crippen LogP contribution in [-0.4, -0.2) is 63.8 Å². The zero-order chi connectivity index (χ0) is 36.9. The van der Waals surface area contributed by atoms with Crippen LogP contribution in [0.1, 0.15) is 96.6 Å². The molecule has 2 fully saturated rings. The van der Waals surface area contributed by atoms with Gasteiger partial charge in [-0.2, -0.15) is 10.4 Å². The number of amides is 1. The quantitative estimate of drug-likeness (QED) is 0.189. The number of unbranched alkanes of at least 4 members (excludes halogenated alkanes) is 2. The van der Waals surface area contributed by atoms with Crippen molar-refractivity contribution < 1.29 is 13.6 Å². The second kappa shape index (κ2) is 16.8. The summed E-state index contributed by atoms with van der Waals surface area (Å²) < 4.78 is 34.4. The SMILES string of the molecule is CCCCN1CCC(Cn2ccc(NC(=O)[C@H]3[C@H](c4cccc(Cl)c4F)[C@@](C#N)(c4ccc(Cl)cc4F)[C@H](CC(C)(C)C)N3CCCC)n2)CC1. The molecule has 0 unspecified atom stereocenters. The number of nitrogens with zero attached hydrogens (tertiary/aromatic N) is 5. The first-order chi connectivity index (χ1) is 24.3. The normalized spacial score (nSPS) is 23.4. The van der Waals surface area contributed by atoms with Crippen LogP contribution >= 0.6 is 23.2 Å². The van der Waals surface area contributed by atoms with E-state index in [9.17, 15) is 10.1 Å². The van der Waals surface area contributed by atoms with E-state index in [1.807, 2.05) is 15.8 Å².